The highest BCUT2D eigenvalue weighted by Crippen LogP contribution is 2.19. The average molecular weight is 246 g/mol. The molecule has 94 valence electrons. The molecular formula is C11H20NO3S-. The van der Waals surface area contributed by atoms with Gasteiger partial charge in [-0.05, 0) is 24.7 Å². The van der Waals surface area contributed by atoms with E-state index in [1.54, 1.807) is 0 Å². The third-order valence-corrected chi connectivity index (χ3v) is 3.67. The van der Waals surface area contributed by atoms with Crippen LogP contribution in [0.4, 0.5) is 0 Å². The van der Waals surface area contributed by atoms with Crippen molar-refractivity contribution >= 4 is 17.0 Å². The molecular weight excluding hydrogens is 226 g/mol. The van der Waals surface area contributed by atoms with Crippen molar-refractivity contribution < 1.29 is 13.6 Å². The molecule has 0 saturated carbocycles. The summed E-state index contributed by atoms with van der Waals surface area (Å²) in [4.78, 5) is 13.6. The van der Waals surface area contributed by atoms with Crippen LogP contribution in [0.15, 0.2) is 0 Å². The van der Waals surface area contributed by atoms with Gasteiger partial charge < -0.3 is 9.45 Å². The summed E-state index contributed by atoms with van der Waals surface area (Å²) in [5.41, 5.74) is 0. The van der Waals surface area contributed by atoms with E-state index in [1.807, 2.05) is 18.7 Å². The van der Waals surface area contributed by atoms with Gasteiger partial charge in [0.25, 0.3) is 0 Å². The fraction of sp³-hybridized carbons (Fsp3) is 0.909. The SMILES string of the molecule is CC(C)CC(=O)N1CCC(CS(=O)[O-])CC1. The van der Waals surface area contributed by atoms with Gasteiger partial charge in [0.15, 0.2) is 0 Å². The number of amides is 1. The van der Waals surface area contributed by atoms with Crippen molar-refractivity contribution in [1.82, 2.24) is 4.90 Å². The molecule has 0 N–H and O–H groups in total. The van der Waals surface area contributed by atoms with Crippen molar-refractivity contribution in [2.75, 3.05) is 18.8 Å². The molecule has 0 aromatic heterocycles. The van der Waals surface area contributed by atoms with Gasteiger partial charge in [-0.3, -0.25) is 9.00 Å². The Bertz CT molecular complexity index is 260. The molecule has 4 nitrogen and oxygen atoms in total. The molecule has 0 spiro atoms. The van der Waals surface area contributed by atoms with Crippen LogP contribution in [0, 0.1) is 11.8 Å². The molecule has 0 bridgehead atoms. The van der Waals surface area contributed by atoms with Gasteiger partial charge in [0.1, 0.15) is 0 Å². The number of piperidine rings is 1. The number of hydrogen-bond donors (Lipinski definition) is 0. The first-order chi connectivity index (χ1) is 7.49. The summed E-state index contributed by atoms with van der Waals surface area (Å²) in [5.74, 6) is 1.07. The molecule has 1 aliphatic rings. The molecule has 5 heteroatoms. The summed E-state index contributed by atoms with van der Waals surface area (Å²) in [6.07, 6.45) is 2.23. The molecule has 16 heavy (non-hydrogen) atoms. The number of carbonyl (C=O) groups excluding carboxylic acids is 1. The predicted octanol–water partition coefficient (Wildman–Crippen LogP) is 1.15. The largest absolute Gasteiger partial charge is 0.772 e. The topological polar surface area (TPSA) is 60.4 Å². The van der Waals surface area contributed by atoms with Gasteiger partial charge in [-0.25, -0.2) is 0 Å². The van der Waals surface area contributed by atoms with E-state index in [4.69, 9.17) is 0 Å². The van der Waals surface area contributed by atoms with E-state index in [1.165, 1.54) is 0 Å². The highest BCUT2D eigenvalue weighted by atomic mass is 32.2. The lowest BCUT2D eigenvalue weighted by molar-refractivity contribution is -0.133. The first-order valence-electron chi connectivity index (χ1n) is 5.82. The minimum absolute atomic E-state index is 0.205. The molecule has 1 rings (SSSR count). The Balaban J connectivity index is 2.31. The molecule has 0 aliphatic carbocycles. The maximum absolute atomic E-state index is 11.7. The van der Waals surface area contributed by atoms with E-state index in [0.717, 1.165) is 12.8 Å². The van der Waals surface area contributed by atoms with Crippen LogP contribution >= 0.6 is 0 Å². The van der Waals surface area contributed by atoms with E-state index >= 15 is 0 Å². The highest BCUT2D eigenvalue weighted by Gasteiger charge is 2.22. The maximum Gasteiger partial charge on any atom is 0.222 e. The van der Waals surface area contributed by atoms with Gasteiger partial charge in [-0.2, -0.15) is 0 Å². The van der Waals surface area contributed by atoms with Crippen molar-refractivity contribution in [3.8, 4) is 0 Å². The third-order valence-electron chi connectivity index (χ3n) is 2.92. The Hall–Kier alpha value is -0.420. The van der Waals surface area contributed by atoms with Crippen molar-refractivity contribution in [3.63, 3.8) is 0 Å². The molecule has 1 saturated heterocycles. The van der Waals surface area contributed by atoms with E-state index in [2.05, 4.69) is 0 Å². The van der Waals surface area contributed by atoms with Gasteiger partial charge in [0.2, 0.25) is 5.91 Å². The van der Waals surface area contributed by atoms with Crippen molar-refractivity contribution in [1.29, 1.82) is 0 Å². The summed E-state index contributed by atoms with van der Waals surface area (Å²) in [6.45, 7) is 5.50. The Morgan fingerprint density at radius 2 is 2.00 bits per heavy atom. The summed E-state index contributed by atoms with van der Waals surface area (Å²) >= 11 is -1.95. The molecule has 0 aromatic carbocycles. The van der Waals surface area contributed by atoms with Crippen molar-refractivity contribution in [2.45, 2.75) is 33.1 Å². The summed E-state index contributed by atoms with van der Waals surface area (Å²) < 4.78 is 21.1. The van der Waals surface area contributed by atoms with Crippen LogP contribution in [0.2, 0.25) is 0 Å². The van der Waals surface area contributed by atoms with Crippen LogP contribution in [-0.2, 0) is 15.9 Å². The lowest BCUT2D eigenvalue weighted by Gasteiger charge is -2.32. The fourth-order valence-corrected chi connectivity index (χ4v) is 2.74. The molecule has 1 amide bonds. The van der Waals surface area contributed by atoms with E-state index in [-0.39, 0.29) is 17.6 Å². The van der Waals surface area contributed by atoms with Crippen LogP contribution in [-0.4, -0.2) is 38.4 Å². The van der Waals surface area contributed by atoms with Gasteiger partial charge in [0.05, 0.1) is 0 Å². The summed E-state index contributed by atoms with van der Waals surface area (Å²) in [6, 6.07) is 0. The van der Waals surface area contributed by atoms with Crippen LogP contribution in [0.25, 0.3) is 0 Å². The average Bonchev–Trinajstić information content (AvgIpc) is 2.16. The van der Waals surface area contributed by atoms with E-state index < -0.39 is 11.1 Å². The number of nitrogens with zero attached hydrogens (tertiary/aromatic N) is 1. The Morgan fingerprint density at radius 1 is 1.44 bits per heavy atom. The van der Waals surface area contributed by atoms with E-state index in [0.29, 0.717) is 25.4 Å². The minimum Gasteiger partial charge on any atom is -0.772 e. The highest BCUT2D eigenvalue weighted by molar-refractivity contribution is 7.79. The molecule has 1 unspecified atom stereocenters. The van der Waals surface area contributed by atoms with Gasteiger partial charge in [-0.1, -0.05) is 24.9 Å². The zero-order valence-electron chi connectivity index (χ0n) is 9.98. The Morgan fingerprint density at radius 3 is 2.44 bits per heavy atom. The standard InChI is InChI=1S/C11H21NO3S/c1-9(2)7-11(13)12-5-3-10(4-6-12)8-16(14)15/h9-10H,3-8H2,1-2H3,(H,14,15)/p-1. The molecule has 1 heterocycles. The van der Waals surface area contributed by atoms with Crippen LogP contribution < -0.4 is 0 Å². The maximum atomic E-state index is 11.7. The monoisotopic (exact) mass is 246 g/mol. The van der Waals surface area contributed by atoms with Crippen molar-refractivity contribution in [2.24, 2.45) is 11.8 Å². The third kappa shape index (κ3) is 4.61. The minimum atomic E-state index is -1.95. The molecule has 0 radical (unpaired) electrons. The number of likely N-dealkylation sites (tertiary alicyclic amines) is 1. The Kier molecular flexibility index (Phi) is 5.41. The lowest BCUT2D eigenvalue weighted by Crippen LogP contribution is -2.39. The van der Waals surface area contributed by atoms with Gasteiger partial charge in [-0.15, -0.1) is 0 Å². The number of hydrogen-bond acceptors (Lipinski definition) is 3. The van der Waals surface area contributed by atoms with Crippen LogP contribution in [0.1, 0.15) is 33.1 Å². The second kappa shape index (κ2) is 6.35. The molecule has 1 aliphatic heterocycles. The predicted molar refractivity (Wildman–Crippen MR) is 62.5 cm³/mol. The second-order valence-electron chi connectivity index (χ2n) is 4.89. The van der Waals surface area contributed by atoms with E-state index in [9.17, 15) is 13.6 Å². The number of carbonyl (C=O) groups is 1. The second-order valence-corrected chi connectivity index (χ2v) is 5.83. The zero-order chi connectivity index (χ0) is 12.1. The molecule has 0 aromatic rings. The molecule has 1 fully saturated rings. The van der Waals surface area contributed by atoms with Crippen LogP contribution in [0.3, 0.4) is 0 Å². The quantitative estimate of drug-likeness (QED) is 0.699. The smallest absolute Gasteiger partial charge is 0.222 e. The first-order valence-corrected chi connectivity index (χ1v) is 7.07. The summed E-state index contributed by atoms with van der Waals surface area (Å²) in [7, 11) is 0. The lowest BCUT2D eigenvalue weighted by atomic mass is 9.98. The van der Waals surface area contributed by atoms with Gasteiger partial charge in [0, 0.05) is 25.3 Å². The van der Waals surface area contributed by atoms with Gasteiger partial charge >= 0.3 is 0 Å². The van der Waals surface area contributed by atoms with Crippen molar-refractivity contribution in [3.05, 3.63) is 0 Å². The normalized spacial score (nSPS) is 20.1. The number of rotatable bonds is 4. The molecule has 1 atom stereocenters. The first kappa shape index (κ1) is 13.6. The fourth-order valence-electron chi connectivity index (χ4n) is 2.02. The summed E-state index contributed by atoms with van der Waals surface area (Å²) in [5, 5.41) is 0. The zero-order valence-corrected chi connectivity index (χ0v) is 10.8. The van der Waals surface area contributed by atoms with Crippen LogP contribution in [0.5, 0.6) is 0 Å². The Labute approximate surface area is 99.7 Å².